The van der Waals surface area contributed by atoms with E-state index < -0.39 is 0 Å². The molecule has 0 aliphatic heterocycles. The normalized spacial score (nSPS) is 12.6. The number of benzene rings is 1. The molecule has 1 atom stereocenters. The Morgan fingerprint density at radius 1 is 1.43 bits per heavy atom. The molecule has 1 N–H and O–H groups in total. The minimum Gasteiger partial charge on any atom is -0.308 e. The van der Waals surface area contributed by atoms with Gasteiger partial charge in [0.15, 0.2) is 0 Å². The van der Waals surface area contributed by atoms with Crippen LogP contribution in [0.2, 0.25) is 5.02 Å². The zero-order valence-corrected chi connectivity index (χ0v) is 13.7. The van der Waals surface area contributed by atoms with Crippen LogP contribution < -0.4 is 5.32 Å². The first-order valence-corrected chi connectivity index (χ1v) is 8.35. The van der Waals surface area contributed by atoms with Crippen molar-refractivity contribution in [2.24, 2.45) is 0 Å². The van der Waals surface area contributed by atoms with E-state index in [1.54, 1.807) is 30.1 Å². The van der Waals surface area contributed by atoms with Crippen LogP contribution in [0.1, 0.15) is 25.6 Å². The summed E-state index contributed by atoms with van der Waals surface area (Å²) in [6, 6.07) is 6.72. The molecule has 2 aromatic rings. The Hall–Kier alpha value is -1.04. The summed E-state index contributed by atoms with van der Waals surface area (Å²) >= 11 is 7.88. The Morgan fingerprint density at radius 3 is 2.90 bits per heavy atom. The van der Waals surface area contributed by atoms with Crippen LogP contribution in [0.3, 0.4) is 0 Å². The molecule has 2 rings (SSSR count). The second-order valence-corrected chi connectivity index (χ2v) is 6.07. The van der Waals surface area contributed by atoms with Crippen molar-refractivity contribution < 1.29 is 4.39 Å². The van der Waals surface area contributed by atoms with Gasteiger partial charge in [-0.1, -0.05) is 24.6 Å². The minimum atomic E-state index is -0.211. The van der Waals surface area contributed by atoms with Gasteiger partial charge in [-0.25, -0.2) is 4.39 Å². The van der Waals surface area contributed by atoms with Crippen molar-refractivity contribution in [3.63, 3.8) is 0 Å². The first-order chi connectivity index (χ1) is 10.2. The molecule has 1 aromatic heterocycles. The third-order valence-corrected chi connectivity index (χ3v) is 4.50. The van der Waals surface area contributed by atoms with Gasteiger partial charge in [0.1, 0.15) is 5.82 Å². The molecule has 1 aromatic carbocycles. The Labute approximate surface area is 133 Å². The molecule has 0 spiro atoms. The molecule has 21 heavy (non-hydrogen) atoms. The lowest BCUT2D eigenvalue weighted by Gasteiger charge is -2.19. The van der Waals surface area contributed by atoms with E-state index in [1.807, 2.05) is 17.7 Å². The van der Waals surface area contributed by atoms with Gasteiger partial charge >= 0.3 is 0 Å². The zero-order chi connectivity index (χ0) is 15.2. The molecular formula is C15H19ClFN3S. The molecule has 0 saturated heterocycles. The lowest BCUT2D eigenvalue weighted by Crippen LogP contribution is -2.26. The number of nitrogens with one attached hydrogen (secondary N) is 1. The van der Waals surface area contributed by atoms with E-state index >= 15 is 0 Å². The van der Waals surface area contributed by atoms with Gasteiger partial charge in [0.2, 0.25) is 0 Å². The van der Waals surface area contributed by atoms with Crippen LogP contribution in [-0.2, 0) is 6.54 Å². The van der Waals surface area contributed by atoms with Gasteiger partial charge in [0.05, 0.1) is 23.0 Å². The van der Waals surface area contributed by atoms with Crippen LogP contribution in [0, 0.1) is 5.82 Å². The van der Waals surface area contributed by atoms with E-state index in [2.05, 4.69) is 17.3 Å². The number of rotatable bonds is 7. The maximum Gasteiger partial charge on any atom is 0.124 e. The van der Waals surface area contributed by atoms with E-state index in [4.69, 9.17) is 11.6 Å². The molecule has 1 heterocycles. The highest BCUT2D eigenvalue weighted by Gasteiger charge is 2.19. The minimum absolute atomic E-state index is 0.0817. The SMILES string of the molecule is CCNC(CSc1cccc(F)c1)c1c(Cl)cnn1CC. The average Bonchev–Trinajstić information content (AvgIpc) is 2.84. The Morgan fingerprint density at radius 2 is 2.24 bits per heavy atom. The second kappa shape index (κ2) is 7.82. The number of thioether (sulfide) groups is 1. The van der Waals surface area contributed by atoms with Gasteiger partial charge in [0, 0.05) is 17.2 Å². The quantitative estimate of drug-likeness (QED) is 0.775. The maximum atomic E-state index is 13.2. The first kappa shape index (κ1) is 16.3. The number of halogens is 2. The van der Waals surface area contributed by atoms with Crippen LogP contribution in [0.5, 0.6) is 0 Å². The lowest BCUT2D eigenvalue weighted by atomic mass is 10.2. The largest absolute Gasteiger partial charge is 0.308 e. The summed E-state index contributed by atoms with van der Waals surface area (Å²) in [5.74, 6) is 0.555. The number of hydrogen-bond acceptors (Lipinski definition) is 3. The first-order valence-electron chi connectivity index (χ1n) is 6.98. The summed E-state index contributed by atoms with van der Waals surface area (Å²) in [6.07, 6.45) is 1.68. The highest BCUT2D eigenvalue weighted by molar-refractivity contribution is 7.99. The molecule has 0 amide bonds. The van der Waals surface area contributed by atoms with Gasteiger partial charge in [-0.3, -0.25) is 4.68 Å². The standard InChI is InChI=1S/C15H19ClFN3S/c1-3-18-14(15-13(16)9-19-20(15)4-2)10-21-12-7-5-6-11(17)8-12/h5-9,14,18H,3-4,10H2,1-2H3. The van der Waals surface area contributed by atoms with Crippen LogP contribution in [0.4, 0.5) is 4.39 Å². The topological polar surface area (TPSA) is 29.9 Å². The highest BCUT2D eigenvalue weighted by Crippen LogP contribution is 2.29. The molecule has 0 fully saturated rings. The number of nitrogens with zero attached hydrogens (tertiary/aromatic N) is 2. The Bertz CT molecular complexity index is 588. The summed E-state index contributed by atoms with van der Waals surface area (Å²) in [4.78, 5) is 0.914. The smallest absolute Gasteiger partial charge is 0.124 e. The molecule has 0 aliphatic carbocycles. The van der Waals surface area contributed by atoms with E-state index in [0.29, 0.717) is 5.02 Å². The third kappa shape index (κ3) is 4.22. The highest BCUT2D eigenvalue weighted by atomic mass is 35.5. The van der Waals surface area contributed by atoms with Gasteiger partial charge in [-0.05, 0) is 31.7 Å². The van der Waals surface area contributed by atoms with Crippen molar-refractivity contribution in [3.05, 3.63) is 47.0 Å². The molecule has 0 saturated carbocycles. The molecule has 114 valence electrons. The fourth-order valence-corrected chi connectivity index (χ4v) is 3.47. The van der Waals surface area contributed by atoms with Crippen LogP contribution in [0.15, 0.2) is 35.4 Å². The molecule has 0 bridgehead atoms. The summed E-state index contributed by atoms with van der Waals surface area (Å²) in [5, 5.41) is 8.38. The van der Waals surface area contributed by atoms with Crippen molar-refractivity contribution in [1.82, 2.24) is 15.1 Å². The number of hydrogen-bond donors (Lipinski definition) is 1. The number of aromatic nitrogens is 2. The molecule has 1 unspecified atom stereocenters. The average molecular weight is 328 g/mol. The predicted octanol–water partition coefficient (Wildman–Crippen LogP) is 4.14. The summed E-state index contributed by atoms with van der Waals surface area (Å²) in [5.41, 5.74) is 0.991. The molecule has 0 aliphatic rings. The zero-order valence-electron chi connectivity index (χ0n) is 12.1. The molecular weight excluding hydrogens is 309 g/mol. The van der Waals surface area contributed by atoms with Crippen LogP contribution >= 0.6 is 23.4 Å². The fourth-order valence-electron chi connectivity index (χ4n) is 2.19. The van der Waals surface area contributed by atoms with Crippen molar-refractivity contribution >= 4 is 23.4 Å². The van der Waals surface area contributed by atoms with Gasteiger partial charge < -0.3 is 5.32 Å². The Balaban J connectivity index is 2.14. The third-order valence-electron chi connectivity index (χ3n) is 3.13. The van der Waals surface area contributed by atoms with Gasteiger partial charge in [0.25, 0.3) is 0 Å². The summed E-state index contributed by atoms with van der Waals surface area (Å²) in [6.45, 7) is 5.70. The summed E-state index contributed by atoms with van der Waals surface area (Å²) in [7, 11) is 0. The van der Waals surface area contributed by atoms with E-state index in [-0.39, 0.29) is 11.9 Å². The van der Waals surface area contributed by atoms with Crippen molar-refractivity contribution in [2.45, 2.75) is 31.3 Å². The van der Waals surface area contributed by atoms with Crippen molar-refractivity contribution in [2.75, 3.05) is 12.3 Å². The second-order valence-electron chi connectivity index (χ2n) is 4.57. The van der Waals surface area contributed by atoms with Gasteiger partial charge in [-0.15, -0.1) is 11.8 Å². The van der Waals surface area contributed by atoms with E-state index in [9.17, 15) is 4.39 Å². The molecule has 3 nitrogen and oxygen atoms in total. The lowest BCUT2D eigenvalue weighted by molar-refractivity contribution is 0.527. The van der Waals surface area contributed by atoms with Crippen LogP contribution in [0.25, 0.3) is 0 Å². The van der Waals surface area contributed by atoms with E-state index in [0.717, 1.165) is 29.4 Å². The van der Waals surface area contributed by atoms with Crippen LogP contribution in [-0.4, -0.2) is 22.1 Å². The van der Waals surface area contributed by atoms with Gasteiger partial charge in [-0.2, -0.15) is 5.10 Å². The summed E-state index contributed by atoms with van der Waals surface area (Å²) < 4.78 is 15.1. The Kier molecular flexibility index (Phi) is 6.08. The van der Waals surface area contributed by atoms with Crippen molar-refractivity contribution in [1.29, 1.82) is 0 Å². The monoisotopic (exact) mass is 327 g/mol. The maximum absolute atomic E-state index is 13.2. The fraction of sp³-hybridized carbons (Fsp3) is 0.400. The van der Waals surface area contributed by atoms with E-state index in [1.165, 1.54) is 6.07 Å². The molecule has 0 radical (unpaired) electrons. The molecule has 6 heteroatoms. The number of aryl methyl sites for hydroxylation is 1. The predicted molar refractivity (Wildman–Crippen MR) is 86.5 cm³/mol. The van der Waals surface area contributed by atoms with Crippen molar-refractivity contribution in [3.8, 4) is 0 Å².